The van der Waals surface area contributed by atoms with E-state index in [4.69, 9.17) is 4.74 Å². The van der Waals surface area contributed by atoms with Gasteiger partial charge >= 0.3 is 5.97 Å². The molecule has 0 amide bonds. The molecular weight excluding hydrogens is 386 g/mol. The Hall–Kier alpha value is -2.85. The standard InChI is InChI=1S/C27H31NO3/c1-19(17-20-11-13-21(14-12-20)18-26(31-2)27(29)30)28-24-9-5-3-7-22(24)15-16-23-8-4-6-10-25(23)28/h3,5-6,9-15,19,26H,4,7-8,16-18H2,1-2H3,(H,29,30). The lowest BCUT2D eigenvalue weighted by Gasteiger charge is -2.37. The summed E-state index contributed by atoms with van der Waals surface area (Å²) in [5.74, 6) is -0.926. The van der Waals surface area contributed by atoms with E-state index in [-0.39, 0.29) is 0 Å². The number of carboxylic acid groups (broad SMARTS) is 1. The minimum atomic E-state index is -0.926. The molecule has 2 unspecified atom stereocenters. The van der Waals surface area contributed by atoms with Crippen molar-refractivity contribution >= 4 is 5.97 Å². The minimum absolute atomic E-state index is 0.309. The van der Waals surface area contributed by atoms with Gasteiger partial charge < -0.3 is 14.7 Å². The molecule has 0 spiro atoms. The van der Waals surface area contributed by atoms with Crippen LogP contribution in [0.15, 0.2) is 83.3 Å². The SMILES string of the molecule is COC(Cc1ccc(CC(C)N2C3=CC=CCC3=CCC3=C2C=CCC3)cc1)C(=O)O. The number of carbonyl (C=O) groups is 1. The molecule has 0 fully saturated rings. The van der Waals surface area contributed by atoms with Crippen molar-refractivity contribution < 1.29 is 14.6 Å². The summed E-state index contributed by atoms with van der Waals surface area (Å²) in [7, 11) is 1.44. The second-order valence-electron chi connectivity index (χ2n) is 8.55. The maximum atomic E-state index is 11.2. The summed E-state index contributed by atoms with van der Waals surface area (Å²) in [6, 6.07) is 8.60. The van der Waals surface area contributed by atoms with Gasteiger partial charge in [-0.15, -0.1) is 0 Å². The van der Waals surface area contributed by atoms with Gasteiger partial charge in [0.25, 0.3) is 0 Å². The highest BCUT2D eigenvalue weighted by Gasteiger charge is 2.28. The number of hydrogen-bond donors (Lipinski definition) is 1. The van der Waals surface area contributed by atoms with Gasteiger partial charge in [-0.3, -0.25) is 0 Å². The molecular formula is C27H31NO3. The van der Waals surface area contributed by atoms with Gasteiger partial charge in [-0.1, -0.05) is 48.6 Å². The molecule has 4 nitrogen and oxygen atoms in total. The molecule has 2 atom stereocenters. The van der Waals surface area contributed by atoms with Crippen LogP contribution in [0.4, 0.5) is 0 Å². The van der Waals surface area contributed by atoms with E-state index >= 15 is 0 Å². The van der Waals surface area contributed by atoms with Gasteiger partial charge in [0.2, 0.25) is 0 Å². The zero-order valence-electron chi connectivity index (χ0n) is 18.4. The molecule has 1 N–H and O–H groups in total. The van der Waals surface area contributed by atoms with E-state index in [1.54, 1.807) is 0 Å². The molecule has 2 aliphatic carbocycles. The molecule has 31 heavy (non-hydrogen) atoms. The maximum absolute atomic E-state index is 11.2. The van der Waals surface area contributed by atoms with Crippen molar-refractivity contribution in [2.24, 2.45) is 0 Å². The zero-order chi connectivity index (χ0) is 21.8. The molecule has 0 aromatic heterocycles. The third-order valence-corrected chi connectivity index (χ3v) is 6.40. The molecule has 1 aliphatic heterocycles. The van der Waals surface area contributed by atoms with Crippen LogP contribution in [0.2, 0.25) is 0 Å². The number of carboxylic acids is 1. The van der Waals surface area contributed by atoms with Crippen molar-refractivity contribution in [1.82, 2.24) is 4.90 Å². The van der Waals surface area contributed by atoms with Crippen molar-refractivity contribution in [2.75, 3.05) is 7.11 Å². The molecule has 1 aromatic rings. The first kappa shape index (κ1) is 21.4. The average molecular weight is 418 g/mol. The Kier molecular flexibility index (Phi) is 6.57. The second kappa shape index (κ2) is 9.52. The lowest BCUT2D eigenvalue weighted by molar-refractivity contribution is -0.148. The van der Waals surface area contributed by atoms with Crippen LogP contribution in [-0.4, -0.2) is 35.2 Å². The first-order valence-electron chi connectivity index (χ1n) is 11.1. The number of allylic oxidation sites excluding steroid dienone is 8. The third-order valence-electron chi connectivity index (χ3n) is 6.40. The summed E-state index contributed by atoms with van der Waals surface area (Å²) in [4.78, 5) is 13.8. The molecule has 162 valence electrons. The smallest absolute Gasteiger partial charge is 0.333 e. The zero-order valence-corrected chi connectivity index (χ0v) is 18.4. The number of rotatable bonds is 7. The van der Waals surface area contributed by atoms with E-state index in [1.807, 2.05) is 12.1 Å². The van der Waals surface area contributed by atoms with Crippen LogP contribution < -0.4 is 0 Å². The van der Waals surface area contributed by atoms with Gasteiger partial charge in [0, 0.05) is 31.0 Å². The lowest BCUT2D eigenvalue weighted by Crippen LogP contribution is -2.34. The van der Waals surface area contributed by atoms with Gasteiger partial charge in [-0.2, -0.15) is 0 Å². The van der Waals surface area contributed by atoms with Crippen LogP contribution in [0, 0.1) is 0 Å². The Bertz CT molecular complexity index is 978. The normalized spacial score (nSPS) is 19.7. The summed E-state index contributed by atoms with van der Waals surface area (Å²) >= 11 is 0. The first-order valence-corrected chi connectivity index (χ1v) is 11.1. The monoisotopic (exact) mass is 417 g/mol. The van der Waals surface area contributed by atoms with E-state index in [2.05, 4.69) is 60.4 Å². The fourth-order valence-corrected chi connectivity index (χ4v) is 4.72. The van der Waals surface area contributed by atoms with Crippen molar-refractivity contribution in [3.63, 3.8) is 0 Å². The Morgan fingerprint density at radius 1 is 1.13 bits per heavy atom. The van der Waals surface area contributed by atoms with E-state index in [0.29, 0.717) is 12.5 Å². The molecule has 1 aromatic carbocycles. The molecule has 0 saturated heterocycles. The molecule has 0 radical (unpaired) electrons. The van der Waals surface area contributed by atoms with Crippen molar-refractivity contribution in [2.45, 2.75) is 57.6 Å². The van der Waals surface area contributed by atoms with Crippen LogP contribution in [0.3, 0.4) is 0 Å². The van der Waals surface area contributed by atoms with E-state index < -0.39 is 12.1 Å². The molecule has 4 heteroatoms. The molecule has 0 bridgehead atoms. The number of nitrogens with zero attached hydrogens (tertiary/aromatic N) is 1. The summed E-state index contributed by atoms with van der Waals surface area (Å²) < 4.78 is 5.07. The van der Waals surface area contributed by atoms with Crippen molar-refractivity contribution in [3.8, 4) is 0 Å². The fourth-order valence-electron chi connectivity index (χ4n) is 4.72. The van der Waals surface area contributed by atoms with Gasteiger partial charge in [0.05, 0.1) is 0 Å². The Morgan fingerprint density at radius 3 is 2.58 bits per heavy atom. The number of benzene rings is 1. The highest BCUT2D eigenvalue weighted by molar-refractivity contribution is 5.72. The van der Waals surface area contributed by atoms with Gasteiger partial charge in [-0.25, -0.2) is 4.79 Å². The number of ether oxygens (including phenoxy) is 1. The predicted octanol–water partition coefficient (Wildman–Crippen LogP) is 5.34. The molecule has 0 saturated carbocycles. The van der Waals surface area contributed by atoms with E-state index in [0.717, 1.165) is 37.7 Å². The Balaban J connectivity index is 1.55. The molecule has 4 rings (SSSR count). The Morgan fingerprint density at radius 2 is 1.87 bits per heavy atom. The first-order chi connectivity index (χ1) is 15.1. The second-order valence-corrected chi connectivity index (χ2v) is 8.55. The van der Waals surface area contributed by atoms with Crippen LogP contribution in [0.1, 0.15) is 43.7 Å². The van der Waals surface area contributed by atoms with Gasteiger partial charge in [-0.05, 0) is 73.5 Å². The quantitative estimate of drug-likeness (QED) is 0.651. The summed E-state index contributed by atoms with van der Waals surface area (Å²) in [5.41, 5.74) is 7.88. The van der Waals surface area contributed by atoms with Crippen molar-refractivity contribution in [1.29, 1.82) is 0 Å². The summed E-state index contributed by atoms with van der Waals surface area (Å²) in [6.07, 6.45) is 18.5. The fraction of sp³-hybridized carbons (Fsp3) is 0.370. The highest BCUT2D eigenvalue weighted by Crippen LogP contribution is 2.38. The number of hydrogen-bond acceptors (Lipinski definition) is 3. The largest absolute Gasteiger partial charge is 0.479 e. The third kappa shape index (κ3) is 4.75. The van der Waals surface area contributed by atoms with Crippen LogP contribution >= 0.6 is 0 Å². The number of fused-ring (bicyclic) bond motifs is 1. The highest BCUT2D eigenvalue weighted by atomic mass is 16.5. The molecule has 3 aliphatic rings. The van der Waals surface area contributed by atoms with Gasteiger partial charge in [0.1, 0.15) is 0 Å². The van der Waals surface area contributed by atoms with Crippen LogP contribution in [0.25, 0.3) is 0 Å². The average Bonchev–Trinajstić information content (AvgIpc) is 2.95. The topological polar surface area (TPSA) is 49.8 Å². The lowest BCUT2D eigenvalue weighted by atomic mass is 9.96. The summed E-state index contributed by atoms with van der Waals surface area (Å²) in [6.45, 7) is 2.30. The minimum Gasteiger partial charge on any atom is -0.479 e. The summed E-state index contributed by atoms with van der Waals surface area (Å²) in [5, 5.41) is 9.21. The predicted molar refractivity (Wildman–Crippen MR) is 124 cm³/mol. The maximum Gasteiger partial charge on any atom is 0.333 e. The van der Waals surface area contributed by atoms with Crippen molar-refractivity contribution in [3.05, 3.63) is 94.4 Å². The van der Waals surface area contributed by atoms with Crippen LogP contribution in [-0.2, 0) is 22.4 Å². The number of aliphatic carboxylic acids is 1. The van der Waals surface area contributed by atoms with E-state index in [1.165, 1.54) is 35.2 Å². The van der Waals surface area contributed by atoms with Crippen LogP contribution in [0.5, 0.6) is 0 Å². The molecule has 1 heterocycles. The number of methoxy groups -OCH3 is 1. The van der Waals surface area contributed by atoms with Gasteiger partial charge in [0.15, 0.2) is 6.10 Å². The van der Waals surface area contributed by atoms with E-state index in [9.17, 15) is 9.90 Å². The Labute approximate surface area is 184 Å².